The number of thiazole rings is 1. The lowest BCUT2D eigenvalue weighted by molar-refractivity contribution is -0.132. The first kappa shape index (κ1) is 25.6. The lowest BCUT2D eigenvalue weighted by Crippen LogP contribution is -2.29. The van der Waals surface area contributed by atoms with E-state index in [1.165, 1.54) is 23.3 Å². The molecule has 40 heavy (non-hydrogen) atoms. The van der Waals surface area contributed by atoms with Crippen molar-refractivity contribution in [3.63, 3.8) is 0 Å². The maximum atomic E-state index is 13.5. The number of aromatic nitrogens is 1. The lowest BCUT2D eigenvalue weighted by atomic mass is 9.94. The Morgan fingerprint density at radius 2 is 1.93 bits per heavy atom. The predicted molar refractivity (Wildman–Crippen MR) is 151 cm³/mol. The Labute approximate surface area is 235 Å². The van der Waals surface area contributed by atoms with Gasteiger partial charge in [-0.05, 0) is 53.9 Å². The van der Waals surface area contributed by atoms with Gasteiger partial charge in [-0.1, -0.05) is 36.4 Å². The fourth-order valence-electron chi connectivity index (χ4n) is 5.11. The smallest absolute Gasteiger partial charge is 0.301 e. The van der Waals surface area contributed by atoms with Crippen molar-refractivity contribution in [3.8, 4) is 17.2 Å². The van der Waals surface area contributed by atoms with Crippen molar-refractivity contribution >= 4 is 33.9 Å². The number of anilines is 1. The molecule has 2 aliphatic rings. The molecule has 1 amide bonds. The second-order valence-corrected chi connectivity index (χ2v) is 10.5. The van der Waals surface area contributed by atoms with Gasteiger partial charge in [-0.25, -0.2) is 4.98 Å². The van der Waals surface area contributed by atoms with E-state index in [-0.39, 0.29) is 17.4 Å². The second-order valence-electron chi connectivity index (χ2n) is 9.62. The molecule has 0 saturated carbocycles. The number of benzene rings is 3. The van der Waals surface area contributed by atoms with E-state index in [1.807, 2.05) is 43.3 Å². The maximum Gasteiger partial charge on any atom is 0.301 e. The molecule has 3 aromatic carbocycles. The average molecular weight is 555 g/mol. The Morgan fingerprint density at radius 1 is 1.10 bits per heavy atom. The summed E-state index contributed by atoms with van der Waals surface area (Å²) in [6.45, 7) is 2.31. The fourth-order valence-corrected chi connectivity index (χ4v) is 5.78. The number of ether oxygens (including phenoxy) is 3. The Morgan fingerprint density at radius 3 is 2.67 bits per heavy atom. The first-order chi connectivity index (χ1) is 19.4. The van der Waals surface area contributed by atoms with Crippen LogP contribution in [0.2, 0.25) is 0 Å². The highest BCUT2D eigenvalue weighted by atomic mass is 32.1. The van der Waals surface area contributed by atoms with Crippen LogP contribution in [0.1, 0.15) is 35.2 Å². The van der Waals surface area contributed by atoms with Crippen molar-refractivity contribution in [3.05, 3.63) is 106 Å². The largest absolute Gasteiger partial charge is 0.507 e. The van der Waals surface area contributed by atoms with Crippen LogP contribution < -0.4 is 19.1 Å². The van der Waals surface area contributed by atoms with E-state index in [2.05, 4.69) is 4.98 Å². The minimum Gasteiger partial charge on any atom is -0.507 e. The number of nitrogens with zero attached hydrogens (tertiary/aromatic N) is 2. The first-order valence-electron chi connectivity index (χ1n) is 12.8. The number of aliphatic hydroxyl groups excluding tert-OH is 1. The molecule has 8 nitrogen and oxygen atoms in total. The van der Waals surface area contributed by atoms with Crippen LogP contribution in [0.25, 0.3) is 5.76 Å². The molecule has 0 aliphatic carbocycles. The zero-order valence-corrected chi connectivity index (χ0v) is 22.7. The zero-order valence-electron chi connectivity index (χ0n) is 21.9. The summed E-state index contributed by atoms with van der Waals surface area (Å²) in [7, 11) is 1.53. The highest BCUT2D eigenvalue weighted by Gasteiger charge is 2.48. The Kier molecular flexibility index (Phi) is 6.73. The molecule has 2 unspecified atom stereocenters. The van der Waals surface area contributed by atoms with Crippen molar-refractivity contribution in [2.75, 3.05) is 12.0 Å². The van der Waals surface area contributed by atoms with E-state index in [0.717, 1.165) is 16.9 Å². The summed E-state index contributed by atoms with van der Waals surface area (Å²) in [4.78, 5) is 32.5. The predicted octanol–water partition coefficient (Wildman–Crippen LogP) is 5.68. The zero-order chi connectivity index (χ0) is 27.8. The Bertz CT molecular complexity index is 1620. The van der Waals surface area contributed by atoms with Crippen LogP contribution >= 0.6 is 11.3 Å². The number of amides is 1. The summed E-state index contributed by atoms with van der Waals surface area (Å²) in [5.74, 6) is -0.113. The SMILES string of the molecule is COc1cc(C2/C(=C(\O)c3ccc4c(c3)CC(C)O4)C(=O)C(=O)N2c2nccs2)ccc1OCc1ccccc1. The highest BCUT2D eigenvalue weighted by molar-refractivity contribution is 7.14. The van der Waals surface area contributed by atoms with Crippen LogP contribution in [0.4, 0.5) is 5.13 Å². The summed E-state index contributed by atoms with van der Waals surface area (Å²) in [6.07, 6.45) is 2.28. The number of fused-ring (bicyclic) bond motifs is 1. The minimum atomic E-state index is -0.924. The maximum absolute atomic E-state index is 13.5. The molecule has 202 valence electrons. The monoisotopic (exact) mass is 554 g/mol. The van der Waals surface area contributed by atoms with E-state index in [9.17, 15) is 14.7 Å². The molecular weight excluding hydrogens is 528 g/mol. The Hall–Kier alpha value is -4.63. The molecule has 2 atom stereocenters. The first-order valence-corrected chi connectivity index (χ1v) is 13.7. The van der Waals surface area contributed by atoms with Crippen LogP contribution in [-0.2, 0) is 22.6 Å². The number of hydrogen-bond donors (Lipinski definition) is 1. The van der Waals surface area contributed by atoms with Crippen molar-refractivity contribution in [1.29, 1.82) is 0 Å². The number of hydrogen-bond acceptors (Lipinski definition) is 8. The molecule has 0 spiro atoms. The summed E-state index contributed by atoms with van der Waals surface area (Å²) in [5.41, 5.74) is 2.92. The standard InChI is InChI=1S/C31H26N2O6S/c1-18-14-22-15-21(9-10-23(22)39-18)28(34)26-27(33(30(36)29(26)35)31-32-12-13-40-31)20-8-11-24(25(16-20)37-2)38-17-19-6-4-3-5-7-19/h3-13,15-16,18,27,34H,14,17H2,1-2H3/b28-26+. The molecule has 1 saturated heterocycles. The average Bonchev–Trinajstić information content (AvgIpc) is 3.69. The van der Waals surface area contributed by atoms with E-state index >= 15 is 0 Å². The van der Waals surface area contributed by atoms with Crippen LogP contribution in [0.5, 0.6) is 17.2 Å². The number of carbonyl (C=O) groups is 2. The molecule has 1 aromatic heterocycles. The molecule has 1 fully saturated rings. The minimum absolute atomic E-state index is 0.0212. The van der Waals surface area contributed by atoms with Gasteiger partial charge in [0.1, 0.15) is 24.2 Å². The van der Waals surface area contributed by atoms with Gasteiger partial charge in [0.15, 0.2) is 16.6 Å². The molecule has 9 heteroatoms. The topological polar surface area (TPSA) is 98.2 Å². The van der Waals surface area contributed by atoms with Gasteiger partial charge in [0, 0.05) is 23.6 Å². The van der Waals surface area contributed by atoms with Gasteiger partial charge in [-0.2, -0.15) is 0 Å². The third-order valence-corrected chi connectivity index (χ3v) is 7.75. The molecule has 1 N–H and O–H groups in total. The van der Waals surface area contributed by atoms with Gasteiger partial charge in [0.05, 0.1) is 18.7 Å². The molecule has 0 bridgehead atoms. The van der Waals surface area contributed by atoms with Crippen molar-refractivity contribution < 1.29 is 28.9 Å². The van der Waals surface area contributed by atoms with Crippen molar-refractivity contribution in [1.82, 2.24) is 4.98 Å². The third-order valence-electron chi connectivity index (χ3n) is 6.98. The summed E-state index contributed by atoms with van der Waals surface area (Å²) < 4.78 is 17.4. The van der Waals surface area contributed by atoms with Gasteiger partial charge in [-0.15, -0.1) is 11.3 Å². The quantitative estimate of drug-likeness (QED) is 0.178. The van der Waals surface area contributed by atoms with Crippen molar-refractivity contribution in [2.24, 2.45) is 0 Å². The highest BCUT2D eigenvalue weighted by Crippen LogP contribution is 2.45. The van der Waals surface area contributed by atoms with E-state index in [4.69, 9.17) is 14.2 Å². The molecular formula is C31H26N2O6S. The van der Waals surface area contributed by atoms with E-state index in [0.29, 0.717) is 40.8 Å². The van der Waals surface area contributed by atoms with E-state index < -0.39 is 17.7 Å². The molecule has 2 aliphatic heterocycles. The summed E-state index contributed by atoms with van der Waals surface area (Å²) in [5, 5.41) is 13.6. The molecule has 4 aromatic rings. The van der Waals surface area contributed by atoms with Gasteiger partial charge in [0.2, 0.25) is 0 Å². The van der Waals surface area contributed by atoms with Gasteiger partial charge in [-0.3, -0.25) is 14.5 Å². The van der Waals surface area contributed by atoms with Gasteiger partial charge < -0.3 is 19.3 Å². The molecule has 6 rings (SSSR count). The molecule has 0 radical (unpaired) electrons. The summed E-state index contributed by atoms with van der Waals surface area (Å²) >= 11 is 1.23. The second kappa shape index (κ2) is 10.5. The van der Waals surface area contributed by atoms with Crippen LogP contribution in [0.3, 0.4) is 0 Å². The number of rotatable bonds is 7. The normalized spacial score (nSPS) is 19.4. The fraction of sp³-hybridized carbons (Fsp3) is 0.194. The van der Waals surface area contributed by atoms with Gasteiger partial charge >= 0.3 is 5.91 Å². The molecule has 3 heterocycles. The third kappa shape index (κ3) is 4.58. The number of ketones is 1. The lowest BCUT2D eigenvalue weighted by Gasteiger charge is -2.24. The Balaban J connectivity index is 1.43. The number of aliphatic hydroxyl groups is 1. The van der Waals surface area contributed by atoms with Crippen molar-refractivity contribution in [2.45, 2.75) is 32.1 Å². The number of Topliss-reactive ketones (excluding diaryl/α,β-unsaturated/α-hetero) is 1. The van der Waals surface area contributed by atoms with E-state index in [1.54, 1.807) is 41.9 Å². The number of carbonyl (C=O) groups excluding carboxylic acids is 2. The van der Waals surface area contributed by atoms with Crippen LogP contribution in [-0.4, -0.2) is 35.0 Å². The van der Waals surface area contributed by atoms with Crippen LogP contribution in [0.15, 0.2) is 83.9 Å². The van der Waals surface area contributed by atoms with Crippen LogP contribution in [0, 0.1) is 0 Å². The summed E-state index contributed by atoms with van der Waals surface area (Å²) in [6, 6.07) is 19.3. The van der Waals surface area contributed by atoms with Gasteiger partial charge in [0.25, 0.3) is 5.78 Å². The number of methoxy groups -OCH3 is 1.